The molecule has 0 aliphatic carbocycles. The smallest absolute Gasteiger partial charge is 0.338 e. The molecular formula is C19H20N2O5S. The highest BCUT2D eigenvalue weighted by atomic mass is 32.2. The third kappa shape index (κ3) is 3.62. The lowest BCUT2D eigenvalue weighted by molar-refractivity contribution is -0.139. The van der Waals surface area contributed by atoms with Crippen LogP contribution in [0.3, 0.4) is 0 Å². The summed E-state index contributed by atoms with van der Waals surface area (Å²) in [5.41, 5.74) is 1.58. The van der Waals surface area contributed by atoms with Crippen LogP contribution in [0.1, 0.15) is 39.3 Å². The Morgan fingerprint density at radius 3 is 2.52 bits per heavy atom. The van der Waals surface area contributed by atoms with Gasteiger partial charge in [0.1, 0.15) is 5.75 Å². The Hall–Kier alpha value is -2.61. The van der Waals surface area contributed by atoms with E-state index in [9.17, 15) is 14.4 Å². The number of amides is 1. The summed E-state index contributed by atoms with van der Waals surface area (Å²) in [5, 5.41) is 0.299. The number of benzene rings is 1. The number of hydrogen-bond acceptors (Lipinski definition) is 7. The second kappa shape index (κ2) is 7.56. The first-order valence-corrected chi connectivity index (χ1v) is 9.46. The van der Waals surface area contributed by atoms with E-state index in [2.05, 4.69) is 4.99 Å². The summed E-state index contributed by atoms with van der Waals surface area (Å²) in [6.45, 7) is 6.83. The van der Waals surface area contributed by atoms with Gasteiger partial charge in [0.05, 0.1) is 29.2 Å². The molecule has 142 valence electrons. The number of amidine groups is 1. The lowest BCUT2D eigenvalue weighted by Crippen LogP contribution is -2.40. The van der Waals surface area contributed by atoms with Crippen LogP contribution in [0.25, 0.3) is 0 Å². The third-order valence-corrected chi connectivity index (χ3v) is 5.26. The van der Waals surface area contributed by atoms with Crippen LogP contribution in [-0.4, -0.2) is 39.8 Å². The highest BCUT2D eigenvalue weighted by molar-refractivity contribution is 8.15. The van der Waals surface area contributed by atoms with Gasteiger partial charge in [0, 0.05) is 6.92 Å². The number of rotatable bonds is 4. The first kappa shape index (κ1) is 19.2. The standard InChI is InChI=1S/C19H20N2O5S/c1-5-25-18(24)15-10(2)20-19-21(17(23)11(3)27-19)16(15)13-6-8-14(9-7-13)26-12(4)22/h6-9,11,16H,5H2,1-4H3/t11-,16-/m1/s1. The van der Waals surface area contributed by atoms with E-state index in [4.69, 9.17) is 9.47 Å². The molecular weight excluding hydrogens is 368 g/mol. The van der Waals surface area contributed by atoms with E-state index < -0.39 is 18.0 Å². The number of thioether (sulfide) groups is 1. The predicted molar refractivity (Wildman–Crippen MR) is 101 cm³/mol. The molecule has 1 saturated heterocycles. The van der Waals surface area contributed by atoms with E-state index in [1.54, 1.807) is 43.0 Å². The van der Waals surface area contributed by atoms with Crippen LogP contribution in [-0.2, 0) is 19.1 Å². The van der Waals surface area contributed by atoms with Crippen molar-refractivity contribution in [3.63, 3.8) is 0 Å². The van der Waals surface area contributed by atoms with Crippen molar-refractivity contribution in [1.82, 2.24) is 4.90 Å². The van der Waals surface area contributed by atoms with Gasteiger partial charge in [-0.25, -0.2) is 9.79 Å². The summed E-state index contributed by atoms with van der Waals surface area (Å²) in [6.07, 6.45) is 0. The molecule has 0 saturated carbocycles. The topological polar surface area (TPSA) is 85.3 Å². The predicted octanol–water partition coefficient (Wildman–Crippen LogP) is 2.82. The van der Waals surface area contributed by atoms with Gasteiger partial charge in [0.2, 0.25) is 5.91 Å². The summed E-state index contributed by atoms with van der Waals surface area (Å²) in [6, 6.07) is 6.11. The Bertz CT molecular complexity index is 859. The number of ether oxygens (including phenoxy) is 2. The summed E-state index contributed by atoms with van der Waals surface area (Å²) < 4.78 is 10.3. The van der Waals surface area contributed by atoms with Crippen molar-refractivity contribution in [2.45, 2.75) is 39.0 Å². The summed E-state index contributed by atoms with van der Waals surface area (Å²) in [5.74, 6) is -0.631. The van der Waals surface area contributed by atoms with E-state index in [0.29, 0.717) is 27.8 Å². The molecule has 1 amide bonds. The van der Waals surface area contributed by atoms with Crippen LogP contribution >= 0.6 is 11.8 Å². The fraction of sp³-hybridized carbons (Fsp3) is 0.368. The lowest BCUT2D eigenvalue weighted by Gasteiger charge is -2.33. The minimum atomic E-state index is -0.632. The summed E-state index contributed by atoms with van der Waals surface area (Å²) in [4.78, 5) is 42.5. The minimum absolute atomic E-state index is 0.109. The van der Waals surface area contributed by atoms with Gasteiger partial charge in [-0.1, -0.05) is 23.9 Å². The molecule has 2 aliphatic rings. The molecule has 3 rings (SSSR count). The van der Waals surface area contributed by atoms with Gasteiger partial charge in [-0.2, -0.15) is 0 Å². The number of fused-ring (bicyclic) bond motifs is 1. The average Bonchev–Trinajstić information content (AvgIpc) is 2.88. The van der Waals surface area contributed by atoms with Gasteiger partial charge < -0.3 is 9.47 Å². The molecule has 0 unspecified atom stereocenters. The lowest BCUT2D eigenvalue weighted by atomic mass is 9.94. The maximum absolute atomic E-state index is 12.7. The van der Waals surface area contributed by atoms with Gasteiger partial charge in [0.25, 0.3) is 0 Å². The molecule has 0 aromatic heterocycles. The maximum atomic E-state index is 12.7. The van der Waals surface area contributed by atoms with Crippen LogP contribution in [0.4, 0.5) is 0 Å². The van der Waals surface area contributed by atoms with Gasteiger partial charge in [-0.3, -0.25) is 14.5 Å². The molecule has 1 aromatic carbocycles. The number of carbonyl (C=O) groups excluding carboxylic acids is 3. The van der Waals surface area contributed by atoms with Crippen molar-refractivity contribution >= 4 is 34.8 Å². The third-order valence-electron chi connectivity index (χ3n) is 4.21. The highest BCUT2D eigenvalue weighted by Gasteiger charge is 2.46. The number of hydrogen-bond donors (Lipinski definition) is 0. The number of esters is 2. The molecule has 2 atom stereocenters. The molecule has 1 fully saturated rings. The summed E-state index contributed by atoms with van der Waals surface area (Å²) in [7, 11) is 0. The fourth-order valence-electron chi connectivity index (χ4n) is 3.07. The highest BCUT2D eigenvalue weighted by Crippen LogP contribution is 2.43. The fourth-order valence-corrected chi connectivity index (χ4v) is 4.10. The SMILES string of the molecule is CCOC(=O)C1=C(C)N=C2S[C@H](C)C(=O)N2[C@@H]1c1ccc(OC(C)=O)cc1. The van der Waals surface area contributed by atoms with Crippen molar-refractivity contribution in [2.75, 3.05) is 6.61 Å². The zero-order valence-electron chi connectivity index (χ0n) is 15.5. The first-order chi connectivity index (χ1) is 12.8. The largest absolute Gasteiger partial charge is 0.463 e. The van der Waals surface area contributed by atoms with Crippen LogP contribution in [0.2, 0.25) is 0 Å². The molecule has 7 nitrogen and oxygen atoms in total. The van der Waals surface area contributed by atoms with Gasteiger partial charge >= 0.3 is 11.9 Å². The molecule has 0 N–H and O–H groups in total. The molecule has 0 spiro atoms. The number of nitrogens with zero attached hydrogens (tertiary/aromatic N) is 2. The Labute approximate surface area is 161 Å². The van der Waals surface area contributed by atoms with Gasteiger partial charge in [0.15, 0.2) is 5.17 Å². The number of carbonyl (C=O) groups is 3. The molecule has 27 heavy (non-hydrogen) atoms. The number of aliphatic imine (C=N–C) groups is 1. The quantitative estimate of drug-likeness (QED) is 0.582. The zero-order valence-corrected chi connectivity index (χ0v) is 16.3. The second-order valence-electron chi connectivity index (χ2n) is 6.15. The van der Waals surface area contributed by atoms with Crippen LogP contribution < -0.4 is 4.74 Å². The second-order valence-corrected chi connectivity index (χ2v) is 7.46. The Morgan fingerprint density at radius 2 is 1.93 bits per heavy atom. The average molecular weight is 388 g/mol. The Kier molecular flexibility index (Phi) is 5.36. The minimum Gasteiger partial charge on any atom is -0.463 e. The molecule has 0 bridgehead atoms. The van der Waals surface area contributed by atoms with Gasteiger partial charge in [-0.05, 0) is 38.5 Å². The molecule has 8 heteroatoms. The van der Waals surface area contributed by atoms with E-state index in [-0.39, 0.29) is 17.8 Å². The summed E-state index contributed by atoms with van der Waals surface area (Å²) >= 11 is 1.37. The molecule has 2 aliphatic heterocycles. The Balaban J connectivity index is 2.06. The van der Waals surface area contributed by atoms with Gasteiger partial charge in [-0.15, -0.1) is 0 Å². The zero-order chi connectivity index (χ0) is 19.7. The van der Waals surface area contributed by atoms with E-state index in [1.165, 1.54) is 18.7 Å². The van der Waals surface area contributed by atoms with Crippen molar-refractivity contribution in [3.8, 4) is 5.75 Å². The molecule has 2 heterocycles. The van der Waals surface area contributed by atoms with Crippen LogP contribution in [0, 0.1) is 0 Å². The normalized spacial score (nSPS) is 21.7. The first-order valence-electron chi connectivity index (χ1n) is 8.58. The van der Waals surface area contributed by atoms with Crippen molar-refractivity contribution in [3.05, 3.63) is 41.1 Å². The van der Waals surface area contributed by atoms with Crippen molar-refractivity contribution < 1.29 is 23.9 Å². The van der Waals surface area contributed by atoms with E-state index in [1.807, 2.05) is 6.92 Å². The molecule has 0 radical (unpaired) electrons. The van der Waals surface area contributed by atoms with Crippen LogP contribution in [0.15, 0.2) is 40.5 Å². The van der Waals surface area contributed by atoms with Crippen LogP contribution in [0.5, 0.6) is 5.75 Å². The van der Waals surface area contributed by atoms with E-state index >= 15 is 0 Å². The Morgan fingerprint density at radius 1 is 1.26 bits per heavy atom. The maximum Gasteiger partial charge on any atom is 0.338 e. The number of allylic oxidation sites excluding steroid dienone is 1. The van der Waals surface area contributed by atoms with E-state index in [0.717, 1.165) is 0 Å². The monoisotopic (exact) mass is 388 g/mol. The van der Waals surface area contributed by atoms with Crippen molar-refractivity contribution in [1.29, 1.82) is 0 Å². The van der Waals surface area contributed by atoms with Crippen molar-refractivity contribution in [2.24, 2.45) is 4.99 Å². The molecule has 1 aromatic rings.